The molecule has 0 N–H and O–H groups in total. The van der Waals surface area contributed by atoms with Crippen LogP contribution in [0.1, 0.15) is 25.3 Å². The minimum atomic E-state index is -4.43. The van der Waals surface area contributed by atoms with E-state index in [0.29, 0.717) is 19.7 Å². The van der Waals surface area contributed by atoms with Gasteiger partial charge in [0, 0.05) is 19.7 Å². The molecule has 1 aliphatic heterocycles. The topological polar surface area (TPSA) is 25.4 Å². The highest BCUT2D eigenvalue weighted by atomic mass is 35.5. The van der Waals surface area contributed by atoms with Crippen molar-refractivity contribution in [1.29, 1.82) is 0 Å². The van der Waals surface area contributed by atoms with Gasteiger partial charge in [0.1, 0.15) is 11.0 Å². The van der Waals surface area contributed by atoms with Crippen LogP contribution >= 0.6 is 11.6 Å². The van der Waals surface area contributed by atoms with Gasteiger partial charge in [0.25, 0.3) is 0 Å². The highest BCUT2D eigenvalue weighted by molar-refractivity contribution is 6.29. The number of pyridine rings is 1. The van der Waals surface area contributed by atoms with Crippen molar-refractivity contribution in [2.75, 3.05) is 24.6 Å². The van der Waals surface area contributed by atoms with E-state index in [1.54, 1.807) is 4.90 Å². The number of alkyl halides is 3. The Bertz CT molecular complexity index is 461. The molecule has 0 aliphatic carbocycles. The Labute approximate surface area is 120 Å². The monoisotopic (exact) mass is 308 g/mol. The van der Waals surface area contributed by atoms with E-state index in [0.717, 1.165) is 25.0 Å². The van der Waals surface area contributed by atoms with Gasteiger partial charge in [-0.2, -0.15) is 13.2 Å². The number of halogens is 4. The van der Waals surface area contributed by atoms with Gasteiger partial charge in [-0.25, -0.2) is 4.98 Å². The normalized spacial score (nSPS) is 19.4. The molecule has 0 amide bonds. The predicted molar refractivity (Wildman–Crippen MR) is 71.1 cm³/mol. The molecule has 0 bridgehead atoms. The molecule has 2 heterocycles. The van der Waals surface area contributed by atoms with E-state index in [1.807, 2.05) is 6.92 Å². The zero-order chi connectivity index (χ0) is 14.8. The second kappa shape index (κ2) is 6.18. The fourth-order valence-electron chi connectivity index (χ4n) is 2.23. The maximum Gasteiger partial charge on any atom is 0.416 e. The number of rotatable bonds is 4. The average molecular weight is 309 g/mol. The van der Waals surface area contributed by atoms with Crippen LogP contribution in [-0.4, -0.2) is 30.8 Å². The van der Waals surface area contributed by atoms with Gasteiger partial charge < -0.3 is 9.64 Å². The van der Waals surface area contributed by atoms with Crippen molar-refractivity contribution in [3.05, 3.63) is 22.8 Å². The van der Waals surface area contributed by atoms with E-state index in [4.69, 9.17) is 16.3 Å². The minimum Gasteiger partial charge on any atom is -0.376 e. The maximum absolute atomic E-state index is 12.8. The zero-order valence-electron chi connectivity index (χ0n) is 11.1. The SMILES string of the molecule is CCN(CC1CCCO1)c1cc(C(F)(F)F)cc(Cl)n1. The van der Waals surface area contributed by atoms with Gasteiger partial charge in [-0.1, -0.05) is 11.6 Å². The summed E-state index contributed by atoms with van der Waals surface area (Å²) in [5, 5.41) is -0.152. The summed E-state index contributed by atoms with van der Waals surface area (Å²) in [6.07, 6.45) is -2.47. The minimum absolute atomic E-state index is 0.0464. The molecule has 0 saturated carbocycles. The predicted octanol–water partition coefficient (Wildman–Crippen LogP) is 3.76. The lowest BCUT2D eigenvalue weighted by molar-refractivity contribution is -0.137. The Balaban J connectivity index is 2.22. The first-order valence-corrected chi connectivity index (χ1v) is 6.89. The van der Waals surface area contributed by atoms with Gasteiger partial charge in [-0.15, -0.1) is 0 Å². The number of ether oxygens (including phenoxy) is 1. The molecule has 3 nitrogen and oxygen atoms in total. The van der Waals surface area contributed by atoms with E-state index in [9.17, 15) is 13.2 Å². The smallest absolute Gasteiger partial charge is 0.376 e. The molecule has 0 aromatic carbocycles. The molecule has 1 unspecified atom stereocenters. The highest BCUT2D eigenvalue weighted by Gasteiger charge is 2.32. The van der Waals surface area contributed by atoms with Gasteiger partial charge in [-0.3, -0.25) is 0 Å². The van der Waals surface area contributed by atoms with Crippen molar-refractivity contribution < 1.29 is 17.9 Å². The first-order valence-electron chi connectivity index (χ1n) is 6.51. The molecular weight excluding hydrogens is 293 g/mol. The van der Waals surface area contributed by atoms with Gasteiger partial charge in [0.05, 0.1) is 11.7 Å². The van der Waals surface area contributed by atoms with Gasteiger partial charge in [0.15, 0.2) is 0 Å². The molecule has 1 aromatic heterocycles. The number of hydrogen-bond acceptors (Lipinski definition) is 3. The summed E-state index contributed by atoms with van der Waals surface area (Å²) < 4.78 is 43.9. The average Bonchev–Trinajstić information content (AvgIpc) is 2.87. The lowest BCUT2D eigenvalue weighted by atomic mass is 10.2. The molecule has 1 atom stereocenters. The molecule has 7 heteroatoms. The second-order valence-corrected chi connectivity index (χ2v) is 5.10. The molecule has 1 aliphatic rings. The quantitative estimate of drug-likeness (QED) is 0.792. The third kappa shape index (κ3) is 3.76. The number of anilines is 1. The maximum atomic E-state index is 12.8. The fourth-order valence-corrected chi connectivity index (χ4v) is 2.43. The van der Waals surface area contributed by atoms with E-state index in [-0.39, 0.29) is 17.1 Å². The van der Waals surface area contributed by atoms with Crippen LogP contribution in [-0.2, 0) is 10.9 Å². The lowest BCUT2D eigenvalue weighted by Crippen LogP contribution is -2.32. The van der Waals surface area contributed by atoms with Crippen LogP contribution in [0.2, 0.25) is 5.15 Å². The van der Waals surface area contributed by atoms with Crippen molar-refractivity contribution in [2.24, 2.45) is 0 Å². The summed E-state index contributed by atoms with van der Waals surface area (Å²) in [4.78, 5) is 5.76. The summed E-state index contributed by atoms with van der Waals surface area (Å²) >= 11 is 5.70. The van der Waals surface area contributed by atoms with E-state index in [2.05, 4.69) is 4.98 Å². The van der Waals surface area contributed by atoms with Crippen molar-refractivity contribution in [1.82, 2.24) is 4.98 Å². The number of likely N-dealkylation sites (N-methyl/N-ethyl adjacent to an activating group) is 1. The molecule has 1 aromatic rings. The number of hydrogen-bond donors (Lipinski definition) is 0. The van der Waals surface area contributed by atoms with Crippen LogP contribution in [0.5, 0.6) is 0 Å². The van der Waals surface area contributed by atoms with Crippen LogP contribution in [0.25, 0.3) is 0 Å². The second-order valence-electron chi connectivity index (χ2n) is 4.71. The Kier molecular flexibility index (Phi) is 4.75. The van der Waals surface area contributed by atoms with Crippen molar-refractivity contribution in [2.45, 2.75) is 32.0 Å². The zero-order valence-corrected chi connectivity index (χ0v) is 11.8. The van der Waals surface area contributed by atoms with Crippen LogP contribution in [0.3, 0.4) is 0 Å². The highest BCUT2D eigenvalue weighted by Crippen LogP contribution is 2.33. The fraction of sp³-hybridized carbons (Fsp3) is 0.615. The number of nitrogens with zero attached hydrogens (tertiary/aromatic N) is 2. The molecule has 0 spiro atoms. The molecule has 0 radical (unpaired) electrons. The Morgan fingerprint density at radius 2 is 2.20 bits per heavy atom. The van der Waals surface area contributed by atoms with Gasteiger partial charge >= 0.3 is 6.18 Å². The molecule has 112 valence electrons. The van der Waals surface area contributed by atoms with Crippen molar-refractivity contribution in [3.8, 4) is 0 Å². The number of aromatic nitrogens is 1. The summed E-state index contributed by atoms with van der Waals surface area (Å²) in [6.45, 7) is 3.65. The largest absolute Gasteiger partial charge is 0.416 e. The lowest BCUT2D eigenvalue weighted by Gasteiger charge is -2.25. The van der Waals surface area contributed by atoms with Gasteiger partial charge in [0.2, 0.25) is 0 Å². The van der Waals surface area contributed by atoms with Crippen LogP contribution in [0, 0.1) is 0 Å². The van der Waals surface area contributed by atoms with E-state index >= 15 is 0 Å². The van der Waals surface area contributed by atoms with Crippen LogP contribution < -0.4 is 4.90 Å². The first kappa shape index (κ1) is 15.4. The van der Waals surface area contributed by atoms with Crippen LogP contribution in [0.4, 0.5) is 19.0 Å². The summed E-state index contributed by atoms with van der Waals surface area (Å²) in [7, 11) is 0. The molecule has 1 saturated heterocycles. The molecule has 1 fully saturated rings. The summed E-state index contributed by atoms with van der Waals surface area (Å²) in [5.74, 6) is 0.239. The summed E-state index contributed by atoms with van der Waals surface area (Å²) in [6, 6.07) is 1.87. The Morgan fingerprint density at radius 3 is 2.75 bits per heavy atom. The summed E-state index contributed by atoms with van der Waals surface area (Å²) in [5.41, 5.74) is -0.779. The third-order valence-electron chi connectivity index (χ3n) is 3.26. The first-order chi connectivity index (χ1) is 9.40. The van der Waals surface area contributed by atoms with E-state index in [1.165, 1.54) is 0 Å². The molecular formula is C13H16ClF3N2O. The molecule has 2 rings (SSSR count). The molecule has 20 heavy (non-hydrogen) atoms. The Hall–Kier alpha value is -1.01. The van der Waals surface area contributed by atoms with Gasteiger partial charge in [-0.05, 0) is 31.9 Å². The van der Waals surface area contributed by atoms with Crippen LogP contribution in [0.15, 0.2) is 12.1 Å². The van der Waals surface area contributed by atoms with E-state index < -0.39 is 11.7 Å². The third-order valence-corrected chi connectivity index (χ3v) is 3.46. The Morgan fingerprint density at radius 1 is 1.45 bits per heavy atom. The standard InChI is InChI=1S/C13H16ClF3N2O/c1-2-19(8-10-4-3-5-20-10)12-7-9(13(15,16)17)6-11(14)18-12/h6-7,10H,2-5,8H2,1H3. The van der Waals surface area contributed by atoms with Crippen molar-refractivity contribution in [3.63, 3.8) is 0 Å². The van der Waals surface area contributed by atoms with Crippen molar-refractivity contribution >= 4 is 17.4 Å².